The van der Waals surface area contributed by atoms with E-state index >= 15 is 0 Å². The monoisotopic (exact) mass is 393 g/mol. The number of Topliss-reactive ketones (excluding diaryl/α,β-unsaturated/α-hetero) is 1. The van der Waals surface area contributed by atoms with Crippen molar-refractivity contribution in [3.8, 4) is 5.75 Å². The second-order valence-electron chi connectivity index (χ2n) is 6.99. The van der Waals surface area contributed by atoms with Crippen LogP contribution in [0.2, 0.25) is 0 Å². The number of rotatable bonds is 2. The zero-order chi connectivity index (χ0) is 20.2. The number of hydroxylamine groups is 1. The van der Waals surface area contributed by atoms with Gasteiger partial charge in [-0.2, -0.15) is 0 Å². The van der Waals surface area contributed by atoms with E-state index in [1.807, 2.05) is 6.07 Å². The van der Waals surface area contributed by atoms with Crippen LogP contribution in [-0.2, 0) is 4.84 Å². The lowest BCUT2D eigenvalue weighted by molar-refractivity contribution is -0.0617. The average molecular weight is 393 g/mol. The number of aromatic nitrogens is 1. The fourth-order valence-corrected chi connectivity index (χ4v) is 3.68. The molecular formula is C21H16FN3O4. The smallest absolute Gasteiger partial charge is 0.272 e. The van der Waals surface area contributed by atoms with Gasteiger partial charge in [0.05, 0.1) is 11.1 Å². The number of hydrogen-bond donors (Lipinski definition) is 3. The molecule has 2 atom stereocenters. The van der Waals surface area contributed by atoms with E-state index in [-0.39, 0.29) is 16.9 Å². The molecule has 5 rings (SSSR count). The van der Waals surface area contributed by atoms with Crippen LogP contribution in [0.5, 0.6) is 5.75 Å². The summed E-state index contributed by atoms with van der Waals surface area (Å²) in [6.45, 7) is 1.73. The van der Waals surface area contributed by atoms with Crippen LogP contribution in [-0.4, -0.2) is 16.6 Å². The summed E-state index contributed by atoms with van der Waals surface area (Å²) < 4.78 is 19.4. The number of carbonyl (C=O) groups excluding carboxylic acids is 1. The molecule has 2 aliphatic rings. The summed E-state index contributed by atoms with van der Waals surface area (Å²) in [7, 11) is 0. The summed E-state index contributed by atoms with van der Waals surface area (Å²) >= 11 is 0. The number of aromatic amines is 1. The van der Waals surface area contributed by atoms with Crippen molar-refractivity contribution in [2.75, 3.05) is 0 Å². The number of halogens is 1. The van der Waals surface area contributed by atoms with Gasteiger partial charge >= 0.3 is 0 Å². The van der Waals surface area contributed by atoms with Crippen LogP contribution in [0.25, 0.3) is 10.9 Å². The zero-order valence-electron chi connectivity index (χ0n) is 15.3. The number of nitrogens with one attached hydrogen (secondary N) is 3. The van der Waals surface area contributed by atoms with E-state index in [4.69, 9.17) is 9.57 Å². The molecule has 7 nitrogen and oxygen atoms in total. The van der Waals surface area contributed by atoms with Gasteiger partial charge in [0.1, 0.15) is 23.4 Å². The maximum absolute atomic E-state index is 13.3. The van der Waals surface area contributed by atoms with Crippen LogP contribution < -0.4 is 21.1 Å². The van der Waals surface area contributed by atoms with Crippen molar-refractivity contribution >= 4 is 16.7 Å². The minimum atomic E-state index is -1.33. The molecule has 2 aliphatic heterocycles. The molecule has 0 amide bonds. The Kier molecular flexibility index (Phi) is 3.80. The van der Waals surface area contributed by atoms with Crippen molar-refractivity contribution in [3.05, 3.63) is 87.7 Å². The molecule has 0 radical (unpaired) electrons. The summed E-state index contributed by atoms with van der Waals surface area (Å²) in [5.41, 5.74) is 3.30. The predicted octanol–water partition coefficient (Wildman–Crippen LogP) is 2.67. The quantitative estimate of drug-likeness (QED) is 0.580. The Morgan fingerprint density at radius 3 is 2.62 bits per heavy atom. The molecule has 0 saturated carbocycles. The topological polar surface area (TPSA) is 92.5 Å². The maximum atomic E-state index is 13.3. The SMILES string of the molecule is CC1=CC2(NO1)NC(C(=O)c1ccc(F)cc1)c1c(c3ccccc3[nH]c1=O)O2. The van der Waals surface area contributed by atoms with Gasteiger partial charge in [-0.25, -0.2) is 9.71 Å². The Bertz CT molecular complexity index is 1230. The van der Waals surface area contributed by atoms with Crippen molar-refractivity contribution < 1.29 is 18.8 Å². The van der Waals surface area contributed by atoms with E-state index in [9.17, 15) is 14.0 Å². The number of pyridine rings is 1. The Morgan fingerprint density at radius 1 is 1.14 bits per heavy atom. The van der Waals surface area contributed by atoms with E-state index in [1.54, 1.807) is 31.2 Å². The number of ketones is 1. The molecular weight excluding hydrogens is 377 g/mol. The Hall–Kier alpha value is -3.49. The minimum absolute atomic E-state index is 0.156. The average Bonchev–Trinajstić information content (AvgIpc) is 3.07. The van der Waals surface area contributed by atoms with Crippen molar-refractivity contribution in [3.63, 3.8) is 0 Å². The van der Waals surface area contributed by atoms with Gasteiger partial charge in [-0.1, -0.05) is 17.6 Å². The summed E-state index contributed by atoms with van der Waals surface area (Å²) in [6.07, 6.45) is 1.65. The van der Waals surface area contributed by atoms with Gasteiger partial charge < -0.3 is 14.6 Å². The molecule has 2 aromatic carbocycles. The van der Waals surface area contributed by atoms with Crippen LogP contribution in [0.1, 0.15) is 28.9 Å². The number of fused-ring (bicyclic) bond motifs is 3. The number of carbonyl (C=O) groups is 1. The normalized spacial score (nSPS) is 22.7. The number of para-hydroxylation sites is 1. The molecule has 3 N–H and O–H groups in total. The van der Waals surface area contributed by atoms with Crippen LogP contribution in [0, 0.1) is 5.82 Å². The highest BCUT2D eigenvalue weighted by Crippen LogP contribution is 2.39. The van der Waals surface area contributed by atoms with E-state index in [1.165, 1.54) is 24.3 Å². The van der Waals surface area contributed by atoms with E-state index in [0.717, 1.165) is 0 Å². The summed E-state index contributed by atoms with van der Waals surface area (Å²) in [5, 5.41) is 3.69. The summed E-state index contributed by atoms with van der Waals surface area (Å²) in [6, 6.07) is 11.3. The Balaban J connectivity index is 1.73. The van der Waals surface area contributed by atoms with Crippen LogP contribution in [0.15, 0.2) is 65.2 Å². The van der Waals surface area contributed by atoms with Gasteiger partial charge in [-0.15, -0.1) is 0 Å². The first-order chi connectivity index (χ1) is 14.0. The lowest BCUT2D eigenvalue weighted by Crippen LogP contribution is -2.62. The van der Waals surface area contributed by atoms with Crippen molar-refractivity contribution in [2.45, 2.75) is 18.8 Å². The van der Waals surface area contributed by atoms with Gasteiger partial charge in [-0.3, -0.25) is 9.59 Å². The van der Waals surface area contributed by atoms with Crippen molar-refractivity contribution in [1.82, 2.24) is 15.8 Å². The number of allylic oxidation sites excluding steroid dienone is 1. The molecule has 1 spiro atoms. The van der Waals surface area contributed by atoms with Gasteiger partial charge in [0.25, 0.3) is 11.4 Å². The first-order valence-corrected chi connectivity index (χ1v) is 9.01. The molecule has 1 aromatic heterocycles. The van der Waals surface area contributed by atoms with Gasteiger partial charge in [0.2, 0.25) is 0 Å². The number of ether oxygens (including phenoxy) is 1. The summed E-state index contributed by atoms with van der Waals surface area (Å²) in [4.78, 5) is 34.3. The van der Waals surface area contributed by atoms with E-state index in [0.29, 0.717) is 16.7 Å². The maximum Gasteiger partial charge on any atom is 0.272 e. The largest absolute Gasteiger partial charge is 0.451 e. The molecule has 0 fully saturated rings. The molecule has 146 valence electrons. The molecule has 0 aliphatic carbocycles. The lowest BCUT2D eigenvalue weighted by Gasteiger charge is -2.38. The Labute approximate surface area is 164 Å². The number of benzene rings is 2. The zero-order valence-corrected chi connectivity index (χ0v) is 15.3. The van der Waals surface area contributed by atoms with E-state index < -0.39 is 29.1 Å². The standard InChI is InChI=1S/C21H16FN3O4/c1-11-10-21(25-29-11)24-17(18(26)12-6-8-13(22)9-7-12)16-19(28-21)14-4-2-3-5-15(14)23-20(16)27/h2-10,17,24-25H,1H3,(H,23,27). The van der Waals surface area contributed by atoms with Gasteiger partial charge in [0.15, 0.2) is 5.78 Å². The molecule has 2 unspecified atom stereocenters. The highest BCUT2D eigenvalue weighted by Gasteiger charge is 2.47. The third-order valence-corrected chi connectivity index (χ3v) is 4.98. The van der Waals surface area contributed by atoms with Crippen LogP contribution in [0.3, 0.4) is 0 Å². The minimum Gasteiger partial charge on any atom is -0.451 e. The van der Waals surface area contributed by atoms with Gasteiger partial charge in [-0.05, 0) is 43.3 Å². The third-order valence-electron chi connectivity index (χ3n) is 4.98. The molecule has 29 heavy (non-hydrogen) atoms. The Morgan fingerprint density at radius 2 is 1.90 bits per heavy atom. The van der Waals surface area contributed by atoms with Crippen LogP contribution in [0.4, 0.5) is 4.39 Å². The predicted molar refractivity (Wildman–Crippen MR) is 103 cm³/mol. The van der Waals surface area contributed by atoms with Crippen LogP contribution >= 0.6 is 0 Å². The second-order valence-corrected chi connectivity index (χ2v) is 6.99. The lowest BCUT2D eigenvalue weighted by atomic mass is 9.94. The second kappa shape index (κ2) is 6.26. The van der Waals surface area contributed by atoms with E-state index in [2.05, 4.69) is 15.8 Å². The molecule has 0 bridgehead atoms. The number of hydrogen-bond acceptors (Lipinski definition) is 6. The highest BCUT2D eigenvalue weighted by atomic mass is 19.1. The molecule has 3 heterocycles. The fourth-order valence-electron chi connectivity index (χ4n) is 3.68. The van der Waals surface area contributed by atoms with Crippen molar-refractivity contribution in [2.24, 2.45) is 0 Å². The van der Waals surface area contributed by atoms with Crippen molar-refractivity contribution in [1.29, 1.82) is 0 Å². The van der Waals surface area contributed by atoms with Gasteiger partial charge in [0, 0.05) is 17.0 Å². The molecule has 3 aromatic rings. The number of H-pyrrole nitrogens is 1. The first kappa shape index (κ1) is 17.6. The first-order valence-electron chi connectivity index (χ1n) is 9.01. The molecule has 0 saturated heterocycles. The molecule has 8 heteroatoms. The summed E-state index contributed by atoms with van der Waals surface area (Å²) in [5.74, 6) is -1.34. The third kappa shape index (κ3) is 2.81. The fraction of sp³-hybridized carbons (Fsp3) is 0.143. The highest BCUT2D eigenvalue weighted by molar-refractivity contribution is 6.02.